The van der Waals surface area contributed by atoms with Gasteiger partial charge in [0.05, 0.1) is 16.3 Å². The highest BCUT2D eigenvalue weighted by Gasteiger charge is 2.55. The zero-order valence-electron chi connectivity index (χ0n) is 14.3. The van der Waals surface area contributed by atoms with E-state index in [4.69, 9.17) is 0 Å². The molecule has 0 radical (unpaired) electrons. The molecule has 1 aromatic rings. The number of amides is 2. The van der Waals surface area contributed by atoms with Gasteiger partial charge < -0.3 is 15.3 Å². The van der Waals surface area contributed by atoms with Crippen LogP contribution in [0.1, 0.15) is 26.7 Å². The molecule has 3 rings (SSSR count). The molecule has 0 aromatic heterocycles. The maximum atomic E-state index is 12.2. The van der Waals surface area contributed by atoms with Crippen molar-refractivity contribution in [1.82, 2.24) is 4.90 Å². The molecule has 1 aromatic carbocycles. The normalized spacial score (nSPS) is 23.3. The first-order chi connectivity index (χ1) is 12.0. The number of benzene rings is 1. The number of rotatable bonds is 7. The highest BCUT2D eigenvalue weighted by molar-refractivity contribution is 8.22. The van der Waals surface area contributed by atoms with Crippen molar-refractivity contribution in [1.29, 1.82) is 0 Å². The fraction of sp³-hybridized carbons (Fsp3) is 0.444. The van der Waals surface area contributed by atoms with E-state index in [1.807, 2.05) is 44.2 Å². The molecule has 0 unspecified atom stereocenters. The van der Waals surface area contributed by atoms with E-state index in [9.17, 15) is 14.7 Å². The van der Waals surface area contributed by atoms with Crippen LogP contribution in [0.2, 0.25) is 0 Å². The van der Waals surface area contributed by atoms with Crippen molar-refractivity contribution in [2.24, 2.45) is 5.92 Å². The van der Waals surface area contributed by atoms with Gasteiger partial charge in [-0.05, 0) is 25.5 Å². The van der Waals surface area contributed by atoms with Crippen LogP contribution in [0.5, 0.6) is 0 Å². The molecule has 1 fully saturated rings. The third kappa shape index (κ3) is 3.73. The highest BCUT2D eigenvalue weighted by Crippen LogP contribution is 2.53. The first-order valence-corrected chi connectivity index (χ1v) is 10.3. The SMILES string of the molecule is CC[C@H](O)[C@@H]1C(=O)N2C(C)=C(SCCC(=O)Nc3ccccc3)S[C@H]12. The number of thioether (sulfide) groups is 2. The number of nitrogens with zero attached hydrogens (tertiary/aromatic N) is 1. The Labute approximate surface area is 156 Å². The zero-order chi connectivity index (χ0) is 18.0. The van der Waals surface area contributed by atoms with Crippen molar-refractivity contribution >= 4 is 41.0 Å². The Kier molecular flexibility index (Phi) is 5.76. The summed E-state index contributed by atoms with van der Waals surface area (Å²) in [7, 11) is 0. The third-order valence-electron chi connectivity index (χ3n) is 4.42. The van der Waals surface area contributed by atoms with Gasteiger partial charge in [0.25, 0.3) is 0 Å². The van der Waals surface area contributed by atoms with Gasteiger partial charge in [-0.25, -0.2) is 0 Å². The standard InChI is InChI=1S/C18H22N2O3S2/c1-3-13(21)15-16(23)20-11(2)18(25-17(15)20)24-10-9-14(22)19-12-7-5-4-6-8-12/h4-8,13,15,17,21H,3,9-10H2,1-2H3,(H,19,22)/t13-,15+,17+/m0/s1. The molecule has 7 heteroatoms. The fourth-order valence-corrected chi connectivity index (χ4v) is 5.89. The van der Waals surface area contributed by atoms with Crippen LogP contribution in [0, 0.1) is 5.92 Å². The van der Waals surface area contributed by atoms with Crippen LogP contribution in [0.3, 0.4) is 0 Å². The van der Waals surface area contributed by atoms with Crippen molar-refractivity contribution < 1.29 is 14.7 Å². The lowest BCUT2D eigenvalue weighted by Gasteiger charge is -2.44. The second kappa shape index (κ2) is 7.85. The zero-order valence-corrected chi connectivity index (χ0v) is 15.9. The van der Waals surface area contributed by atoms with Gasteiger partial charge in [0.1, 0.15) is 5.37 Å². The molecule has 0 aliphatic carbocycles. The van der Waals surface area contributed by atoms with Gasteiger partial charge in [-0.2, -0.15) is 0 Å². The van der Waals surface area contributed by atoms with Crippen molar-refractivity contribution in [2.45, 2.75) is 38.2 Å². The van der Waals surface area contributed by atoms with E-state index >= 15 is 0 Å². The lowest BCUT2D eigenvalue weighted by atomic mass is 9.90. The molecule has 2 N–H and O–H groups in total. The summed E-state index contributed by atoms with van der Waals surface area (Å²) in [5.41, 5.74) is 1.75. The van der Waals surface area contributed by atoms with Crippen molar-refractivity contribution in [3.63, 3.8) is 0 Å². The summed E-state index contributed by atoms with van der Waals surface area (Å²) in [6.45, 7) is 3.83. The Hall–Kier alpha value is -1.44. The number of nitrogens with one attached hydrogen (secondary N) is 1. The minimum atomic E-state index is -0.574. The van der Waals surface area contributed by atoms with Gasteiger partial charge in [-0.15, -0.1) is 11.8 Å². The molecule has 2 aliphatic heterocycles. The molecule has 0 bridgehead atoms. The van der Waals surface area contributed by atoms with Crippen LogP contribution in [-0.4, -0.2) is 39.1 Å². The number of hydrogen-bond acceptors (Lipinski definition) is 5. The molecule has 25 heavy (non-hydrogen) atoms. The fourth-order valence-electron chi connectivity index (χ4n) is 2.99. The maximum absolute atomic E-state index is 12.2. The summed E-state index contributed by atoms with van der Waals surface area (Å²) in [6, 6.07) is 9.40. The van der Waals surface area contributed by atoms with Crippen LogP contribution >= 0.6 is 23.5 Å². The predicted molar refractivity (Wildman–Crippen MR) is 103 cm³/mol. The first kappa shape index (κ1) is 18.4. The smallest absolute Gasteiger partial charge is 0.236 e. The summed E-state index contributed by atoms with van der Waals surface area (Å²) in [5, 5.41) is 12.9. The maximum Gasteiger partial charge on any atom is 0.236 e. The van der Waals surface area contributed by atoms with E-state index < -0.39 is 6.10 Å². The molecule has 2 aliphatic rings. The summed E-state index contributed by atoms with van der Waals surface area (Å²) in [6.07, 6.45) is 0.425. The molecule has 3 atom stereocenters. The summed E-state index contributed by atoms with van der Waals surface area (Å²) in [4.78, 5) is 26.0. The quantitative estimate of drug-likeness (QED) is 0.713. The molecular weight excluding hydrogens is 356 g/mol. The number of carbonyl (C=O) groups excluding carboxylic acids is 2. The van der Waals surface area contributed by atoms with Crippen molar-refractivity contribution in [3.05, 3.63) is 40.3 Å². The molecular formula is C18H22N2O3S2. The Morgan fingerprint density at radius 3 is 2.80 bits per heavy atom. The van der Waals surface area contributed by atoms with Crippen molar-refractivity contribution in [3.8, 4) is 0 Å². The average molecular weight is 379 g/mol. The molecule has 1 saturated heterocycles. The van der Waals surface area contributed by atoms with Crippen LogP contribution in [0.25, 0.3) is 0 Å². The number of para-hydroxylation sites is 1. The molecule has 0 saturated carbocycles. The number of carbonyl (C=O) groups is 2. The summed E-state index contributed by atoms with van der Waals surface area (Å²) >= 11 is 3.24. The van der Waals surface area contributed by atoms with E-state index in [1.165, 1.54) is 0 Å². The molecule has 2 amide bonds. The monoisotopic (exact) mass is 378 g/mol. The van der Waals surface area contributed by atoms with E-state index in [2.05, 4.69) is 5.32 Å². The van der Waals surface area contributed by atoms with Crippen LogP contribution in [-0.2, 0) is 9.59 Å². The minimum Gasteiger partial charge on any atom is -0.392 e. The molecule has 5 nitrogen and oxygen atoms in total. The molecule has 2 heterocycles. The third-order valence-corrected chi connectivity index (χ3v) is 7.28. The summed E-state index contributed by atoms with van der Waals surface area (Å²) in [5.74, 6) is 0.360. The number of anilines is 1. The number of aliphatic hydroxyl groups excluding tert-OH is 1. The number of allylic oxidation sites excluding steroid dienone is 1. The highest BCUT2D eigenvalue weighted by atomic mass is 32.2. The van der Waals surface area contributed by atoms with Gasteiger partial charge in [0.2, 0.25) is 11.8 Å². The lowest BCUT2D eigenvalue weighted by Crippen LogP contribution is -2.60. The van der Waals surface area contributed by atoms with E-state index in [0.29, 0.717) is 18.6 Å². The minimum absolute atomic E-state index is 0.0152. The lowest BCUT2D eigenvalue weighted by molar-refractivity contribution is -0.153. The van der Waals surface area contributed by atoms with Crippen molar-refractivity contribution in [2.75, 3.05) is 11.1 Å². The van der Waals surface area contributed by atoms with Gasteiger partial charge in [0.15, 0.2) is 0 Å². The van der Waals surface area contributed by atoms with Gasteiger partial charge in [-0.3, -0.25) is 9.59 Å². The first-order valence-electron chi connectivity index (χ1n) is 8.39. The summed E-state index contributed by atoms with van der Waals surface area (Å²) < 4.78 is 1.08. The Balaban J connectivity index is 1.49. The van der Waals surface area contributed by atoms with Crippen LogP contribution in [0.4, 0.5) is 5.69 Å². The van der Waals surface area contributed by atoms with Crippen LogP contribution < -0.4 is 5.32 Å². The van der Waals surface area contributed by atoms with Gasteiger partial charge in [0, 0.05) is 23.6 Å². The number of β-lactam (4-membered cyclic amide) rings is 1. The topological polar surface area (TPSA) is 69.6 Å². The molecule has 134 valence electrons. The van der Waals surface area contributed by atoms with Gasteiger partial charge in [-0.1, -0.05) is 36.9 Å². The number of aliphatic hydroxyl groups is 1. The number of hydrogen-bond donors (Lipinski definition) is 2. The van der Waals surface area contributed by atoms with E-state index in [1.54, 1.807) is 28.4 Å². The van der Waals surface area contributed by atoms with Gasteiger partial charge >= 0.3 is 0 Å². The van der Waals surface area contributed by atoms with Crippen LogP contribution in [0.15, 0.2) is 40.3 Å². The average Bonchev–Trinajstić information content (AvgIpc) is 2.87. The van der Waals surface area contributed by atoms with E-state index in [-0.39, 0.29) is 23.1 Å². The largest absolute Gasteiger partial charge is 0.392 e. The predicted octanol–water partition coefficient (Wildman–Crippen LogP) is 3.24. The second-order valence-electron chi connectivity index (χ2n) is 6.10. The Bertz CT molecular complexity index is 693. The van der Waals surface area contributed by atoms with E-state index in [0.717, 1.165) is 15.6 Å². The second-order valence-corrected chi connectivity index (χ2v) is 8.59. The number of fused-ring (bicyclic) bond motifs is 1. The Morgan fingerprint density at radius 2 is 2.12 bits per heavy atom. The molecule has 0 spiro atoms. The Morgan fingerprint density at radius 1 is 1.40 bits per heavy atom.